The van der Waals surface area contributed by atoms with Gasteiger partial charge in [-0.3, -0.25) is 9.59 Å². The maximum atomic E-state index is 12.0. The molecule has 1 heterocycles. The zero-order chi connectivity index (χ0) is 21.9. The van der Waals surface area contributed by atoms with E-state index in [2.05, 4.69) is 39.5 Å². The molecule has 2 aliphatic rings. The van der Waals surface area contributed by atoms with Gasteiger partial charge in [-0.1, -0.05) is 68.3 Å². The second-order valence-corrected chi connectivity index (χ2v) is 8.80. The van der Waals surface area contributed by atoms with Crippen molar-refractivity contribution in [1.29, 1.82) is 0 Å². The standard InChI is InChI=1S/C15H21NO.C12H12O/c1-4-5-6-7-16-14-9-12(3)11(2)8-13(14)10-15(16)17;1-9-8-12(9,2)11(13)10-6-4-3-5-7-10/h8-9H,4-7,10H2,1-3H3;3-7H,1,8H2,2H3. The predicted molar refractivity (Wildman–Crippen MR) is 124 cm³/mol. The smallest absolute Gasteiger partial charge is 0.231 e. The van der Waals surface area contributed by atoms with E-state index in [0.717, 1.165) is 36.2 Å². The van der Waals surface area contributed by atoms with E-state index in [1.165, 1.54) is 29.5 Å². The minimum Gasteiger partial charge on any atom is -0.312 e. The molecule has 0 radical (unpaired) electrons. The van der Waals surface area contributed by atoms with Gasteiger partial charge < -0.3 is 4.90 Å². The van der Waals surface area contributed by atoms with Crippen molar-refractivity contribution in [3.05, 3.63) is 76.9 Å². The van der Waals surface area contributed by atoms with Crippen LogP contribution in [-0.2, 0) is 11.2 Å². The molecule has 3 heteroatoms. The van der Waals surface area contributed by atoms with Crippen molar-refractivity contribution in [3.63, 3.8) is 0 Å². The minimum absolute atomic E-state index is 0.207. The number of Topliss-reactive ketones (excluding diaryl/α,β-unsaturated/α-hetero) is 1. The molecule has 1 unspecified atom stereocenters. The topological polar surface area (TPSA) is 37.4 Å². The third kappa shape index (κ3) is 4.56. The molecule has 0 aromatic heterocycles. The zero-order valence-corrected chi connectivity index (χ0v) is 18.8. The fourth-order valence-electron chi connectivity index (χ4n) is 3.94. The number of rotatable bonds is 6. The predicted octanol–water partition coefficient (Wildman–Crippen LogP) is 6.22. The summed E-state index contributed by atoms with van der Waals surface area (Å²) in [5, 5.41) is 0. The van der Waals surface area contributed by atoms with E-state index in [9.17, 15) is 9.59 Å². The van der Waals surface area contributed by atoms with Crippen molar-refractivity contribution < 1.29 is 9.59 Å². The summed E-state index contributed by atoms with van der Waals surface area (Å²) in [6.07, 6.45) is 4.93. The summed E-state index contributed by atoms with van der Waals surface area (Å²) < 4.78 is 0. The summed E-state index contributed by atoms with van der Waals surface area (Å²) >= 11 is 0. The maximum Gasteiger partial charge on any atom is 0.231 e. The monoisotopic (exact) mass is 403 g/mol. The highest BCUT2D eigenvalue weighted by Gasteiger charge is 2.49. The van der Waals surface area contributed by atoms with Crippen LogP contribution in [0.3, 0.4) is 0 Å². The van der Waals surface area contributed by atoms with Crippen molar-refractivity contribution >= 4 is 17.4 Å². The van der Waals surface area contributed by atoms with Crippen molar-refractivity contribution in [3.8, 4) is 0 Å². The molecule has 4 rings (SSSR count). The average Bonchev–Trinajstić information content (AvgIpc) is 3.25. The summed E-state index contributed by atoms with van der Waals surface area (Å²) in [4.78, 5) is 25.8. The molecule has 1 atom stereocenters. The lowest BCUT2D eigenvalue weighted by Gasteiger charge is -2.18. The Morgan fingerprint density at radius 3 is 2.33 bits per heavy atom. The Labute approximate surface area is 180 Å². The molecule has 0 saturated heterocycles. The molecule has 1 fully saturated rings. The van der Waals surface area contributed by atoms with Crippen molar-refractivity contribution in [2.45, 2.75) is 59.8 Å². The lowest BCUT2D eigenvalue weighted by molar-refractivity contribution is -0.117. The van der Waals surface area contributed by atoms with Gasteiger partial charge in [0.05, 0.1) is 11.8 Å². The first-order chi connectivity index (χ1) is 14.3. The number of fused-ring (bicyclic) bond motifs is 1. The Morgan fingerprint density at radius 1 is 1.10 bits per heavy atom. The quantitative estimate of drug-likeness (QED) is 0.326. The van der Waals surface area contributed by atoms with Crippen LogP contribution >= 0.6 is 0 Å². The number of carbonyl (C=O) groups is 2. The number of benzene rings is 2. The number of ketones is 1. The second-order valence-electron chi connectivity index (χ2n) is 8.80. The maximum absolute atomic E-state index is 12.0. The van der Waals surface area contributed by atoms with Gasteiger partial charge in [0.2, 0.25) is 5.91 Å². The second kappa shape index (κ2) is 8.99. The molecule has 2 aromatic rings. The molecule has 0 spiro atoms. The number of unbranched alkanes of at least 4 members (excludes halogenated alkanes) is 2. The highest BCUT2D eigenvalue weighted by Crippen LogP contribution is 2.52. The summed E-state index contributed by atoms with van der Waals surface area (Å²) in [5.41, 5.74) is 6.50. The molecular formula is C27H33NO2. The number of carbonyl (C=O) groups excluding carboxylic acids is 2. The number of hydrogen-bond acceptors (Lipinski definition) is 2. The first kappa shape index (κ1) is 22.0. The fourth-order valence-corrected chi connectivity index (χ4v) is 3.94. The average molecular weight is 404 g/mol. The lowest BCUT2D eigenvalue weighted by atomic mass is 9.96. The highest BCUT2D eigenvalue weighted by atomic mass is 16.2. The first-order valence-electron chi connectivity index (χ1n) is 11.0. The molecule has 0 N–H and O–H groups in total. The Hall–Kier alpha value is -2.68. The van der Waals surface area contributed by atoms with Crippen LogP contribution in [0.2, 0.25) is 0 Å². The van der Waals surface area contributed by atoms with Gasteiger partial charge in [0.1, 0.15) is 0 Å². The number of hydrogen-bond donors (Lipinski definition) is 0. The van der Waals surface area contributed by atoms with E-state index in [1.807, 2.05) is 42.2 Å². The van der Waals surface area contributed by atoms with E-state index in [1.54, 1.807) is 0 Å². The summed E-state index contributed by atoms with van der Waals surface area (Å²) in [6, 6.07) is 13.8. The number of amides is 1. The highest BCUT2D eigenvalue weighted by molar-refractivity contribution is 6.05. The van der Waals surface area contributed by atoms with Crippen LogP contribution in [0.4, 0.5) is 5.69 Å². The van der Waals surface area contributed by atoms with E-state index in [0.29, 0.717) is 6.42 Å². The van der Waals surface area contributed by atoms with Crippen LogP contribution in [0.15, 0.2) is 54.6 Å². The summed E-state index contributed by atoms with van der Waals surface area (Å²) in [5.74, 6) is 0.471. The SMILES string of the molecule is C=C1CC1(C)C(=O)c1ccccc1.CCCCCN1C(=O)Cc2cc(C)c(C)cc21. The van der Waals surface area contributed by atoms with Gasteiger partial charge in [0.25, 0.3) is 0 Å². The Morgan fingerprint density at radius 2 is 1.73 bits per heavy atom. The van der Waals surface area contributed by atoms with Crippen LogP contribution in [0.1, 0.15) is 66.6 Å². The molecule has 30 heavy (non-hydrogen) atoms. The molecule has 1 aliphatic heterocycles. The van der Waals surface area contributed by atoms with Gasteiger partial charge in [-0.2, -0.15) is 0 Å². The minimum atomic E-state index is -0.263. The molecule has 1 saturated carbocycles. The van der Waals surface area contributed by atoms with Gasteiger partial charge >= 0.3 is 0 Å². The van der Waals surface area contributed by atoms with E-state index >= 15 is 0 Å². The Kier molecular flexibility index (Phi) is 6.60. The van der Waals surface area contributed by atoms with Gasteiger partial charge in [0.15, 0.2) is 5.78 Å². The summed E-state index contributed by atoms with van der Waals surface area (Å²) in [6.45, 7) is 13.1. The van der Waals surface area contributed by atoms with Crippen molar-refractivity contribution in [1.82, 2.24) is 0 Å². The van der Waals surface area contributed by atoms with Crippen LogP contribution < -0.4 is 4.90 Å². The first-order valence-corrected chi connectivity index (χ1v) is 11.0. The van der Waals surface area contributed by atoms with Crippen molar-refractivity contribution in [2.75, 3.05) is 11.4 Å². The van der Waals surface area contributed by atoms with Crippen LogP contribution in [0.25, 0.3) is 0 Å². The van der Waals surface area contributed by atoms with Gasteiger partial charge in [-0.15, -0.1) is 0 Å². The van der Waals surface area contributed by atoms with E-state index < -0.39 is 0 Å². The van der Waals surface area contributed by atoms with Crippen molar-refractivity contribution in [2.24, 2.45) is 5.41 Å². The van der Waals surface area contributed by atoms with Gasteiger partial charge in [-0.05, 0) is 56.4 Å². The molecule has 3 nitrogen and oxygen atoms in total. The third-order valence-corrected chi connectivity index (χ3v) is 6.37. The Bertz CT molecular complexity index is 960. The summed E-state index contributed by atoms with van der Waals surface area (Å²) in [7, 11) is 0. The van der Waals surface area contributed by atoms with E-state index in [4.69, 9.17) is 0 Å². The van der Waals surface area contributed by atoms with E-state index in [-0.39, 0.29) is 17.1 Å². The van der Waals surface area contributed by atoms with Crippen LogP contribution in [0.5, 0.6) is 0 Å². The fraction of sp³-hybridized carbons (Fsp3) is 0.407. The molecule has 1 aliphatic carbocycles. The number of nitrogens with zero attached hydrogens (tertiary/aromatic N) is 1. The normalized spacial score (nSPS) is 19.3. The third-order valence-electron chi connectivity index (χ3n) is 6.37. The zero-order valence-electron chi connectivity index (χ0n) is 18.8. The molecule has 158 valence electrons. The molecule has 0 bridgehead atoms. The van der Waals surface area contributed by atoms with Gasteiger partial charge in [-0.25, -0.2) is 0 Å². The molecular weight excluding hydrogens is 370 g/mol. The van der Waals surface area contributed by atoms with Crippen LogP contribution in [-0.4, -0.2) is 18.2 Å². The lowest BCUT2D eigenvalue weighted by Crippen LogP contribution is -2.27. The van der Waals surface area contributed by atoms with Crippen LogP contribution in [0, 0.1) is 19.3 Å². The Balaban J connectivity index is 0.000000177. The largest absolute Gasteiger partial charge is 0.312 e. The number of anilines is 1. The molecule has 1 amide bonds. The van der Waals surface area contributed by atoms with Gasteiger partial charge in [0, 0.05) is 17.8 Å². The number of allylic oxidation sites excluding steroid dienone is 1. The number of aryl methyl sites for hydroxylation is 2. The molecule has 2 aromatic carbocycles.